The number of hydrogen-bond donors (Lipinski definition) is 0. The molecule has 0 aliphatic carbocycles. The van der Waals surface area contributed by atoms with Crippen LogP contribution in [0, 0.1) is 13.8 Å². The van der Waals surface area contributed by atoms with Crippen molar-refractivity contribution in [2.45, 2.75) is 32.2 Å². The predicted molar refractivity (Wildman–Crippen MR) is 88.1 cm³/mol. The first-order chi connectivity index (χ1) is 11.6. The molecule has 0 atom stereocenters. The van der Waals surface area contributed by atoms with Crippen molar-refractivity contribution in [1.82, 2.24) is 15.0 Å². The molecule has 2 aliphatic heterocycles. The normalized spacial score (nSPS) is 21.4. The number of carbonyl (C=O) groups excluding carboxylic acids is 1. The topological polar surface area (TPSA) is 68.0 Å². The number of aryl methyl sites for hydroxylation is 2. The van der Waals surface area contributed by atoms with Crippen molar-refractivity contribution < 1.29 is 18.8 Å². The second kappa shape index (κ2) is 7.21. The summed E-state index contributed by atoms with van der Waals surface area (Å²) in [5.41, 5.74) is 1.31. The maximum atomic E-state index is 12.8. The van der Waals surface area contributed by atoms with Crippen LogP contribution >= 0.6 is 0 Å². The average molecular weight is 337 g/mol. The zero-order chi connectivity index (χ0) is 17.2. The molecule has 1 aromatic rings. The first kappa shape index (κ1) is 17.4. The number of piperidine rings is 1. The summed E-state index contributed by atoms with van der Waals surface area (Å²) >= 11 is 0. The van der Waals surface area contributed by atoms with Crippen molar-refractivity contribution in [3.63, 3.8) is 0 Å². The van der Waals surface area contributed by atoms with Gasteiger partial charge in [-0.1, -0.05) is 5.16 Å². The number of likely N-dealkylation sites (tertiary alicyclic amines) is 1. The van der Waals surface area contributed by atoms with Crippen LogP contribution in [-0.4, -0.2) is 79.5 Å². The lowest BCUT2D eigenvalue weighted by Gasteiger charge is -2.51. The van der Waals surface area contributed by atoms with Gasteiger partial charge in [0.2, 0.25) is 0 Å². The zero-order valence-corrected chi connectivity index (χ0v) is 14.8. The Morgan fingerprint density at radius 2 is 2.04 bits per heavy atom. The van der Waals surface area contributed by atoms with Gasteiger partial charge in [0.1, 0.15) is 11.3 Å². The fraction of sp³-hybridized carbons (Fsp3) is 0.765. The van der Waals surface area contributed by atoms with Gasteiger partial charge in [-0.05, 0) is 26.7 Å². The third kappa shape index (κ3) is 3.20. The lowest BCUT2D eigenvalue weighted by Crippen LogP contribution is -2.62. The molecule has 2 aliphatic rings. The number of hydrogen-bond acceptors (Lipinski definition) is 6. The van der Waals surface area contributed by atoms with Crippen LogP contribution < -0.4 is 0 Å². The van der Waals surface area contributed by atoms with Crippen molar-refractivity contribution in [3.8, 4) is 0 Å². The standard InChI is InChI=1S/C17H27N3O4/c1-13-15(14(2)24-18-13)16(21)19-6-4-17(5-7-19)12-23-11-9-20(17)8-10-22-3/h4-12H2,1-3H3. The summed E-state index contributed by atoms with van der Waals surface area (Å²) in [7, 11) is 1.73. The molecule has 0 saturated carbocycles. The van der Waals surface area contributed by atoms with Gasteiger partial charge in [0.05, 0.1) is 25.5 Å². The Morgan fingerprint density at radius 1 is 1.29 bits per heavy atom. The molecule has 134 valence electrons. The van der Waals surface area contributed by atoms with Gasteiger partial charge in [-0.2, -0.15) is 0 Å². The number of amides is 1. The molecule has 1 spiro atoms. The summed E-state index contributed by atoms with van der Waals surface area (Å²) in [5.74, 6) is 0.627. The van der Waals surface area contributed by atoms with Crippen LogP contribution in [0.5, 0.6) is 0 Å². The maximum absolute atomic E-state index is 12.8. The van der Waals surface area contributed by atoms with Crippen molar-refractivity contribution in [2.24, 2.45) is 0 Å². The second-order valence-electron chi connectivity index (χ2n) is 6.75. The molecule has 7 heteroatoms. The number of aromatic nitrogens is 1. The van der Waals surface area contributed by atoms with E-state index in [2.05, 4.69) is 10.1 Å². The van der Waals surface area contributed by atoms with Gasteiger partial charge in [0, 0.05) is 38.8 Å². The van der Waals surface area contributed by atoms with Gasteiger partial charge in [-0.25, -0.2) is 0 Å². The summed E-state index contributed by atoms with van der Waals surface area (Å²) in [6.07, 6.45) is 1.84. The quantitative estimate of drug-likeness (QED) is 0.824. The minimum atomic E-state index is 0.0290. The summed E-state index contributed by atoms with van der Waals surface area (Å²) in [6.45, 7) is 9.15. The Bertz CT molecular complexity index is 559. The van der Waals surface area contributed by atoms with E-state index in [1.807, 2.05) is 11.8 Å². The first-order valence-corrected chi connectivity index (χ1v) is 8.61. The van der Waals surface area contributed by atoms with Crippen LogP contribution in [0.15, 0.2) is 4.52 Å². The van der Waals surface area contributed by atoms with E-state index >= 15 is 0 Å². The lowest BCUT2D eigenvalue weighted by atomic mass is 9.85. The molecule has 1 aromatic heterocycles. The van der Waals surface area contributed by atoms with Gasteiger partial charge in [0.15, 0.2) is 0 Å². The largest absolute Gasteiger partial charge is 0.383 e. The third-order valence-electron chi connectivity index (χ3n) is 5.34. The lowest BCUT2D eigenvalue weighted by molar-refractivity contribution is -0.0968. The van der Waals surface area contributed by atoms with Gasteiger partial charge in [-0.15, -0.1) is 0 Å². The van der Waals surface area contributed by atoms with Gasteiger partial charge in [0.25, 0.3) is 5.91 Å². The van der Waals surface area contributed by atoms with E-state index in [0.29, 0.717) is 17.0 Å². The third-order valence-corrected chi connectivity index (χ3v) is 5.34. The van der Waals surface area contributed by atoms with Crippen LogP contribution in [0.1, 0.15) is 34.7 Å². The van der Waals surface area contributed by atoms with Crippen molar-refractivity contribution in [2.75, 3.05) is 53.1 Å². The Hall–Kier alpha value is -1.44. The molecular weight excluding hydrogens is 310 g/mol. The Balaban J connectivity index is 1.67. The van der Waals surface area contributed by atoms with Gasteiger partial charge < -0.3 is 18.9 Å². The Morgan fingerprint density at radius 3 is 2.67 bits per heavy atom. The highest BCUT2D eigenvalue weighted by atomic mass is 16.5. The summed E-state index contributed by atoms with van der Waals surface area (Å²) in [5, 5.41) is 3.90. The smallest absolute Gasteiger partial charge is 0.259 e. The van der Waals surface area contributed by atoms with Crippen LogP contribution in [0.2, 0.25) is 0 Å². The van der Waals surface area contributed by atoms with E-state index in [1.165, 1.54) is 0 Å². The zero-order valence-electron chi connectivity index (χ0n) is 14.8. The van der Waals surface area contributed by atoms with E-state index < -0.39 is 0 Å². The van der Waals surface area contributed by atoms with Crippen LogP contribution in [-0.2, 0) is 9.47 Å². The molecule has 0 N–H and O–H groups in total. The van der Waals surface area contributed by atoms with Crippen molar-refractivity contribution in [1.29, 1.82) is 0 Å². The molecular formula is C17H27N3O4. The molecule has 0 radical (unpaired) electrons. The molecule has 7 nitrogen and oxygen atoms in total. The average Bonchev–Trinajstić information content (AvgIpc) is 2.93. The summed E-state index contributed by atoms with van der Waals surface area (Å²) < 4.78 is 16.2. The molecule has 2 fully saturated rings. The summed E-state index contributed by atoms with van der Waals surface area (Å²) in [4.78, 5) is 17.2. The SMILES string of the molecule is COCCN1CCOCC12CCN(C(=O)c1c(C)noc1C)CC2. The number of rotatable bonds is 4. The van der Waals surface area contributed by atoms with E-state index in [0.717, 1.165) is 58.8 Å². The maximum Gasteiger partial charge on any atom is 0.259 e. The second-order valence-corrected chi connectivity index (χ2v) is 6.75. The van der Waals surface area contributed by atoms with E-state index in [4.69, 9.17) is 14.0 Å². The summed E-state index contributed by atoms with van der Waals surface area (Å²) in [6, 6.07) is 0. The van der Waals surface area contributed by atoms with Crippen molar-refractivity contribution >= 4 is 5.91 Å². The fourth-order valence-electron chi connectivity index (χ4n) is 3.85. The molecule has 1 amide bonds. The van der Waals surface area contributed by atoms with Crippen LogP contribution in [0.4, 0.5) is 0 Å². The Kier molecular flexibility index (Phi) is 5.22. The molecule has 24 heavy (non-hydrogen) atoms. The van der Waals surface area contributed by atoms with Gasteiger partial charge in [-0.3, -0.25) is 9.69 Å². The predicted octanol–water partition coefficient (Wildman–Crippen LogP) is 1.24. The van der Waals surface area contributed by atoms with Crippen LogP contribution in [0.3, 0.4) is 0 Å². The highest BCUT2D eigenvalue weighted by molar-refractivity contribution is 5.96. The van der Waals surface area contributed by atoms with Crippen LogP contribution in [0.25, 0.3) is 0 Å². The molecule has 0 aromatic carbocycles. The first-order valence-electron chi connectivity index (χ1n) is 8.61. The number of morpholine rings is 1. The highest BCUT2D eigenvalue weighted by Crippen LogP contribution is 2.32. The number of nitrogens with zero attached hydrogens (tertiary/aromatic N) is 3. The minimum absolute atomic E-state index is 0.0290. The molecule has 3 heterocycles. The monoisotopic (exact) mass is 337 g/mol. The van der Waals surface area contributed by atoms with E-state index in [1.54, 1.807) is 14.0 Å². The minimum Gasteiger partial charge on any atom is -0.383 e. The van der Waals surface area contributed by atoms with Crippen molar-refractivity contribution in [3.05, 3.63) is 17.0 Å². The Labute approximate surface area is 142 Å². The molecule has 2 saturated heterocycles. The number of carbonyl (C=O) groups is 1. The number of ether oxygens (including phenoxy) is 2. The van der Waals surface area contributed by atoms with E-state index in [-0.39, 0.29) is 11.4 Å². The van der Waals surface area contributed by atoms with Gasteiger partial charge >= 0.3 is 0 Å². The fourth-order valence-corrected chi connectivity index (χ4v) is 3.85. The molecule has 3 rings (SSSR count). The number of methoxy groups -OCH3 is 1. The van der Waals surface area contributed by atoms with E-state index in [9.17, 15) is 4.79 Å². The molecule has 0 unspecified atom stereocenters. The highest BCUT2D eigenvalue weighted by Gasteiger charge is 2.43. The molecule has 0 bridgehead atoms.